The molecule has 2 rings (SSSR count). The Bertz CT molecular complexity index is 544. The van der Waals surface area contributed by atoms with Crippen LogP contribution in [0.1, 0.15) is 34.7 Å². The summed E-state index contributed by atoms with van der Waals surface area (Å²) < 4.78 is 0. The minimum absolute atomic E-state index is 0.327. The zero-order valence-electron chi connectivity index (χ0n) is 12.3. The van der Waals surface area contributed by atoms with Crippen molar-refractivity contribution in [1.29, 1.82) is 0 Å². The van der Waals surface area contributed by atoms with Gasteiger partial charge in [0.2, 0.25) is 0 Å². The molecule has 1 nitrogen and oxygen atoms in total. The average molecular weight is 253 g/mol. The fourth-order valence-electron chi connectivity index (χ4n) is 2.78. The summed E-state index contributed by atoms with van der Waals surface area (Å²) in [7, 11) is 0. The van der Waals surface area contributed by atoms with Crippen LogP contribution in [-0.4, -0.2) is 0 Å². The third kappa shape index (κ3) is 3.05. The molecule has 0 bridgehead atoms. The van der Waals surface area contributed by atoms with Gasteiger partial charge < -0.3 is 5.73 Å². The predicted molar refractivity (Wildman–Crippen MR) is 82.3 cm³/mol. The van der Waals surface area contributed by atoms with Crippen molar-refractivity contribution in [1.82, 2.24) is 0 Å². The molecule has 2 aromatic carbocycles. The molecule has 0 aromatic heterocycles. The maximum Gasteiger partial charge on any atom is 0.0422 e. The Morgan fingerprint density at radius 2 is 1.47 bits per heavy atom. The van der Waals surface area contributed by atoms with E-state index in [1.54, 1.807) is 0 Å². The molecule has 0 amide bonds. The maximum atomic E-state index is 6.55. The lowest BCUT2D eigenvalue weighted by molar-refractivity contribution is 0.489. The van der Waals surface area contributed by atoms with Gasteiger partial charge in [0, 0.05) is 5.54 Å². The molecular formula is C18H23N. The summed E-state index contributed by atoms with van der Waals surface area (Å²) in [6, 6.07) is 14.8. The van der Waals surface area contributed by atoms with Gasteiger partial charge in [0.15, 0.2) is 0 Å². The van der Waals surface area contributed by atoms with Gasteiger partial charge in [0.25, 0.3) is 0 Å². The molecule has 19 heavy (non-hydrogen) atoms. The number of aryl methyl sites for hydroxylation is 3. The molecule has 0 saturated carbocycles. The molecule has 0 saturated heterocycles. The monoisotopic (exact) mass is 253 g/mol. The van der Waals surface area contributed by atoms with Crippen molar-refractivity contribution in [2.45, 2.75) is 39.7 Å². The van der Waals surface area contributed by atoms with Crippen LogP contribution in [0.5, 0.6) is 0 Å². The van der Waals surface area contributed by atoms with Gasteiger partial charge in [-0.15, -0.1) is 0 Å². The molecular weight excluding hydrogens is 230 g/mol. The van der Waals surface area contributed by atoms with Crippen LogP contribution in [0, 0.1) is 20.8 Å². The van der Waals surface area contributed by atoms with Gasteiger partial charge >= 0.3 is 0 Å². The van der Waals surface area contributed by atoms with E-state index in [1.165, 1.54) is 27.8 Å². The van der Waals surface area contributed by atoms with Crippen molar-refractivity contribution >= 4 is 0 Å². The molecule has 0 aliphatic carbocycles. The lowest BCUT2D eigenvalue weighted by atomic mass is 9.83. The van der Waals surface area contributed by atoms with Crippen molar-refractivity contribution in [3.8, 4) is 0 Å². The highest BCUT2D eigenvalue weighted by molar-refractivity contribution is 5.40. The summed E-state index contributed by atoms with van der Waals surface area (Å²) in [6.45, 7) is 8.61. The molecule has 0 heterocycles. The normalized spacial score (nSPS) is 14.2. The van der Waals surface area contributed by atoms with Gasteiger partial charge in [-0.1, -0.05) is 48.0 Å². The predicted octanol–water partition coefficient (Wildman–Crippen LogP) is 4.03. The Hall–Kier alpha value is -1.60. The van der Waals surface area contributed by atoms with Crippen molar-refractivity contribution in [2.24, 2.45) is 5.73 Å². The number of benzene rings is 2. The first-order valence-electron chi connectivity index (χ1n) is 6.81. The van der Waals surface area contributed by atoms with Gasteiger partial charge in [-0.3, -0.25) is 0 Å². The van der Waals surface area contributed by atoms with E-state index in [-0.39, 0.29) is 5.54 Å². The largest absolute Gasteiger partial charge is 0.321 e. The molecule has 0 radical (unpaired) electrons. The van der Waals surface area contributed by atoms with Crippen LogP contribution in [0.3, 0.4) is 0 Å². The van der Waals surface area contributed by atoms with E-state index in [9.17, 15) is 0 Å². The second-order valence-electron chi connectivity index (χ2n) is 5.84. The smallest absolute Gasteiger partial charge is 0.0422 e. The summed E-state index contributed by atoms with van der Waals surface area (Å²) in [6.07, 6.45) is 0.870. The Morgan fingerprint density at radius 3 is 2.00 bits per heavy atom. The van der Waals surface area contributed by atoms with Crippen LogP contribution >= 0.6 is 0 Å². The van der Waals surface area contributed by atoms with E-state index in [0.29, 0.717) is 0 Å². The fraction of sp³-hybridized carbons (Fsp3) is 0.333. The lowest BCUT2D eigenvalue weighted by Gasteiger charge is -2.27. The Labute approximate surface area is 116 Å². The van der Waals surface area contributed by atoms with E-state index in [1.807, 2.05) is 6.07 Å². The van der Waals surface area contributed by atoms with E-state index < -0.39 is 0 Å². The highest BCUT2D eigenvalue weighted by Crippen LogP contribution is 2.26. The first kappa shape index (κ1) is 13.8. The Balaban J connectivity index is 2.36. The summed E-state index contributed by atoms with van der Waals surface area (Å²) in [5.41, 5.74) is 12.8. The third-order valence-electron chi connectivity index (χ3n) is 3.82. The first-order chi connectivity index (χ1) is 8.90. The van der Waals surface area contributed by atoms with Crippen LogP contribution in [0.25, 0.3) is 0 Å². The molecule has 2 N–H and O–H groups in total. The van der Waals surface area contributed by atoms with Crippen molar-refractivity contribution in [3.05, 3.63) is 70.3 Å². The topological polar surface area (TPSA) is 26.0 Å². The molecule has 1 unspecified atom stereocenters. The standard InChI is InChI=1S/C18H23N/c1-13-10-14(2)17(15(3)11-13)12-18(4,19)16-8-6-5-7-9-16/h5-11H,12,19H2,1-4H3. The SMILES string of the molecule is Cc1cc(C)c(CC(C)(N)c2ccccc2)c(C)c1. The minimum Gasteiger partial charge on any atom is -0.321 e. The third-order valence-corrected chi connectivity index (χ3v) is 3.82. The van der Waals surface area contributed by atoms with E-state index in [2.05, 4.69) is 64.1 Å². The van der Waals surface area contributed by atoms with E-state index in [4.69, 9.17) is 5.73 Å². The number of rotatable bonds is 3. The highest BCUT2D eigenvalue weighted by Gasteiger charge is 2.23. The molecule has 0 aliphatic rings. The molecule has 100 valence electrons. The minimum atomic E-state index is -0.327. The molecule has 0 fully saturated rings. The van der Waals surface area contributed by atoms with Crippen LogP contribution in [-0.2, 0) is 12.0 Å². The maximum absolute atomic E-state index is 6.55. The number of hydrogen-bond acceptors (Lipinski definition) is 1. The number of hydrogen-bond donors (Lipinski definition) is 1. The van der Waals surface area contributed by atoms with Crippen LogP contribution in [0.4, 0.5) is 0 Å². The van der Waals surface area contributed by atoms with Crippen LogP contribution in [0.2, 0.25) is 0 Å². The summed E-state index contributed by atoms with van der Waals surface area (Å²) >= 11 is 0. The van der Waals surface area contributed by atoms with Gasteiger partial charge in [-0.25, -0.2) is 0 Å². The average Bonchev–Trinajstić information content (AvgIpc) is 2.35. The second kappa shape index (κ2) is 5.18. The summed E-state index contributed by atoms with van der Waals surface area (Å²) in [5.74, 6) is 0. The summed E-state index contributed by atoms with van der Waals surface area (Å²) in [5, 5.41) is 0. The van der Waals surface area contributed by atoms with Crippen LogP contribution in [0.15, 0.2) is 42.5 Å². The van der Waals surface area contributed by atoms with Gasteiger partial charge in [-0.2, -0.15) is 0 Å². The zero-order chi connectivity index (χ0) is 14.0. The fourth-order valence-corrected chi connectivity index (χ4v) is 2.78. The van der Waals surface area contributed by atoms with Gasteiger partial charge in [0.05, 0.1) is 0 Å². The first-order valence-corrected chi connectivity index (χ1v) is 6.81. The van der Waals surface area contributed by atoms with Crippen LogP contribution < -0.4 is 5.73 Å². The lowest BCUT2D eigenvalue weighted by Crippen LogP contribution is -2.35. The second-order valence-corrected chi connectivity index (χ2v) is 5.84. The molecule has 2 aromatic rings. The number of nitrogens with two attached hydrogens (primary N) is 1. The van der Waals surface area contributed by atoms with Crippen molar-refractivity contribution in [2.75, 3.05) is 0 Å². The quantitative estimate of drug-likeness (QED) is 0.878. The molecule has 0 spiro atoms. The van der Waals surface area contributed by atoms with Gasteiger partial charge in [-0.05, 0) is 56.4 Å². The van der Waals surface area contributed by atoms with E-state index >= 15 is 0 Å². The molecule has 1 heteroatoms. The van der Waals surface area contributed by atoms with Crippen molar-refractivity contribution < 1.29 is 0 Å². The van der Waals surface area contributed by atoms with Gasteiger partial charge in [0.1, 0.15) is 0 Å². The Morgan fingerprint density at radius 1 is 0.947 bits per heavy atom. The van der Waals surface area contributed by atoms with Crippen molar-refractivity contribution in [3.63, 3.8) is 0 Å². The Kier molecular flexibility index (Phi) is 3.77. The molecule has 0 aliphatic heterocycles. The zero-order valence-corrected chi connectivity index (χ0v) is 12.3. The molecule has 1 atom stereocenters. The summed E-state index contributed by atoms with van der Waals surface area (Å²) in [4.78, 5) is 0. The highest BCUT2D eigenvalue weighted by atomic mass is 14.7. The van der Waals surface area contributed by atoms with E-state index in [0.717, 1.165) is 6.42 Å².